The molecule has 3 aromatic heterocycles. The van der Waals surface area contributed by atoms with E-state index in [4.69, 9.17) is 0 Å². The molecule has 1 aliphatic carbocycles. The molecule has 0 saturated heterocycles. The molecule has 0 aliphatic heterocycles. The summed E-state index contributed by atoms with van der Waals surface area (Å²) in [5, 5.41) is 12.6. The maximum Gasteiger partial charge on any atom is 0.327 e. The van der Waals surface area contributed by atoms with Gasteiger partial charge in [0.15, 0.2) is 5.16 Å². The highest BCUT2D eigenvalue weighted by Crippen LogP contribution is 2.33. The molecule has 3 N–H and O–H groups in total. The van der Waals surface area contributed by atoms with Crippen LogP contribution in [0.4, 0.5) is 0 Å². The van der Waals surface area contributed by atoms with Crippen LogP contribution in [0.2, 0.25) is 0 Å². The Morgan fingerprint density at radius 3 is 2.83 bits per heavy atom. The van der Waals surface area contributed by atoms with Gasteiger partial charge in [0.05, 0.1) is 10.9 Å². The van der Waals surface area contributed by atoms with Crippen LogP contribution in [-0.4, -0.2) is 48.4 Å². The first kappa shape index (κ1) is 20.3. The highest BCUT2D eigenvalue weighted by molar-refractivity contribution is 7.98. The highest BCUT2D eigenvalue weighted by atomic mass is 32.2. The first-order valence-corrected chi connectivity index (χ1v) is 11.2. The van der Waals surface area contributed by atoms with Gasteiger partial charge in [-0.1, -0.05) is 24.6 Å². The summed E-state index contributed by atoms with van der Waals surface area (Å²) >= 11 is 1.61. The first-order chi connectivity index (χ1) is 14.6. The van der Waals surface area contributed by atoms with E-state index in [1.54, 1.807) is 11.8 Å². The number of rotatable bonds is 7. The number of carbonyl (C=O) groups is 1. The van der Waals surface area contributed by atoms with Crippen LogP contribution < -0.4 is 16.6 Å². The third kappa shape index (κ3) is 4.16. The number of hydrogen-bond acceptors (Lipinski definition) is 7. The van der Waals surface area contributed by atoms with Crippen molar-refractivity contribution in [2.24, 2.45) is 0 Å². The number of thioether (sulfide) groups is 1. The third-order valence-electron chi connectivity index (χ3n) is 5.32. The Kier molecular flexibility index (Phi) is 5.98. The second kappa shape index (κ2) is 8.82. The number of amides is 1. The summed E-state index contributed by atoms with van der Waals surface area (Å²) in [5.41, 5.74) is -0.797. The van der Waals surface area contributed by atoms with Crippen molar-refractivity contribution in [1.29, 1.82) is 0 Å². The fourth-order valence-electron chi connectivity index (χ4n) is 3.87. The predicted octanol–water partition coefficient (Wildman–Crippen LogP) is 1.40. The van der Waals surface area contributed by atoms with Gasteiger partial charge in [-0.3, -0.25) is 19.6 Å². The average Bonchev–Trinajstić information content (AvgIpc) is 3.40. The van der Waals surface area contributed by atoms with Gasteiger partial charge >= 0.3 is 5.69 Å². The van der Waals surface area contributed by atoms with Gasteiger partial charge in [-0.2, -0.15) is 0 Å². The molecule has 30 heavy (non-hydrogen) atoms. The van der Waals surface area contributed by atoms with E-state index in [0.717, 1.165) is 36.7 Å². The molecule has 4 rings (SSSR count). The Labute approximate surface area is 175 Å². The van der Waals surface area contributed by atoms with Gasteiger partial charge < -0.3 is 9.88 Å². The number of fused-ring (bicyclic) bond motifs is 1. The SMILES string of the molecule is CSc1nnc(CCCNC(=O)c2cnc3[nH]c(=O)[nH]c(=O)c3c2)n1C1CCCC1. The highest BCUT2D eigenvalue weighted by Gasteiger charge is 2.23. The summed E-state index contributed by atoms with van der Waals surface area (Å²) in [6.07, 6.45) is 9.60. The Balaban J connectivity index is 1.38. The van der Waals surface area contributed by atoms with Crippen LogP contribution in [0.1, 0.15) is 54.3 Å². The number of carbonyl (C=O) groups excluding carboxylic acids is 1. The van der Waals surface area contributed by atoms with Crippen LogP contribution in [0.3, 0.4) is 0 Å². The molecular formula is C19H23N7O3S. The molecule has 1 aliphatic rings. The molecule has 158 valence electrons. The monoisotopic (exact) mass is 429 g/mol. The zero-order chi connectivity index (χ0) is 21.1. The number of aryl methyl sites for hydroxylation is 1. The summed E-state index contributed by atoms with van der Waals surface area (Å²) in [6.45, 7) is 0.463. The van der Waals surface area contributed by atoms with Crippen LogP contribution in [0.5, 0.6) is 0 Å². The molecule has 0 spiro atoms. The van der Waals surface area contributed by atoms with E-state index in [0.29, 0.717) is 12.6 Å². The van der Waals surface area contributed by atoms with Crippen molar-refractivity contribution >= 4 is 28.7 Å². The maximum absolute atomic E-state index is 12.4. The summed E-state index contributed by atoms with van der Waals surface area (Å²) in [7, 11) is 0. The molecule has 1 saturated carbocycles. The van der Waals surface area contributed by atoms with Gasteiger partial charge in [-0.25, -0.2) is 9.78 Å². The second-order valence-corrected chi connectivity index (χ2v) is 8.07. The van der Waals surface area contributed by atoms with E-state index < -0.39 is 11.2 Å². The fraction of sp³-hybridized carbons (Fsp3) is 0.474. The van der Waals surface area contributed by atoms with Crippen LogP contribution >= 0.6 is 11.8 Å². The molecule has 0 bridgehead atoms. The summed E-state index contributed by atoms with van der Waals surface area (Å²) in [6, 6.07) is 1.90. The van der Waals surface area contributed by atoms with Crippen molar-refractivity contribution in [2.45, 2.75) is 49.7 Å². The molecule has 0 atom stereocenters. The molecule has 0 aromatic carbocycles. The minimum absolute atomic E-state index is 0.149. The predicted molar refractivity (Wildman–Crippen MR) is 113 cm³/mol. The zero-order valence-electron chi connectivity index (χ0n) is 16.6. The molecule has 11 heteroatoms. The lowest BCUT2D eigenvalue weighted by Gasteiger charge is -2.16. The van der Waals surface area contributed by atoms with E-state index in [1.165, 1.54) is 25.1 Å². The quantitative estimate of drug-likeness (QED) is 0.381. The number of H-pyrrole nitrogens is 2. The van der Waals surface area contributed by atoms with Gasteiger partial charge in [0.1, 0.15) is 11.5 Å². The minimum Gasteiger partial charge on any atom is -0.352 e. The first-order valence-electron chi connectivity index (χ1n) is 9.95. The maximum atomic E-state index is 12.4. The van der Waals surface area contributed by atoms with Crippen LogP contribution in [0.15, 0.2) is 27.0 Å². The Hall–Kier alpha value is -2.95. The fourth-order valence-corrected chi connectivity index (χ4v) is 4.44. The zero-order valence-corrected chi connectivity index (χ0v) is 17.4. The summed E-state index contributed by atoms with van der Waals surface area (Å²) < 4.78 is 2.26. The number of aromatic nitrogens is 6. The molecular weight excluding hydrogens is 406 g/mol. The lowest BCUT2D eigenvalue weighted by Crippen LogP contribution is -2.26. The van der Waals surface area contributed by atoms with Crippen molar-refractivity contribution in [3.05, 3.63) is 44.5 Å². The topological polar surface area (TPSA) is 138 Å². The standard InChI is InChI=1S/C19H23N7O3S/c1-30-19-25-24-14(26(19)12-5-2-3-6-12)7-4-8-20-16(27)11-9-13-15(21-10-11)22-18(29)23-17(13)28/h9-10,12H,2-8H2,1H3,(H,20,27)(H2,21,22,23,28,29). The Morgan fingerprint density at radius 1 is 1.27 bits per heavy atom. The van der Waals surface area contributed by atoms with E-state index >= 15 is 0 Å². The molecule has 1 amide bonds. The van der Waals surface area contributed by atoms with E-state index in [-0.39, 0.29) is 22.5 Å². The smallest absolute Gasteiger partial charge is 0.327 e. The van der Waals surface area contributed by atoms with Crippen molar-refractivity contribution < 1.29 is 4.79 Å². The molecule has 3 heterocycles. The van der Waals surface area contributed by atoms with Crippen molar-refractivity contribution in [1.82, 2.24) is 35.0 Å². The summed E-state index contributed by atoms with van der Waals surface area (Å²) in [4.78, 5) is 44.2. The number of nitrogens with one attached hydrogen (secondary N) is 3. The second-order valence-electron chi connectivity index (χ2n) is 7.30. The van der Waals surface area contributed by atoms with Crippen molar-refractivity contribution in [2.75, 3.05) is 12.8 Å². The van der Waals surface area contributed by atoms with Gasteiger partial charge in [0.2, 0.25) is 0 Å². The van der Waals surface area contributed by atoms with Crippen LogP contribution in [0, 0.1) is 0 Å². The average molecular weight is 430 g/mol. The lowest BCUT2D eigenvalue weighted by atomic mass is 10.2. The van der Waals surface area contributed by atoms with Gasteiger partial charge in [-0.15, -0.1) is 10.2 Å². The number of nitrogens with zero attached hydrogens (tertiary/aromatic N) is 4. The normalized spacial score (nSPS) is 14.4. The lowest BCUT2D eigenvalue weighted by molar-refractivity contribution is 0.0953. The molecule has 0 radical (unpaired) electrons. The summed E-state index contributed by atoms with van der Waals surface area (Å²) in [5.74, 6) is 0.639. The van der Waals surface area contributed by atoms with Crippen molar-refractivity contribution in [3.63, 3.8) is 0 Å². The van der Waals surface area contributed by atoms with Crippen LogP contribution in [0.25, 0.3) is 11.0 Å². The molecule has 1 fully saturated rings. The van der Waals surface area contributed by atoms with Crippen LogP contribution in [-0.2, 0) is 6.42 Å². The largest absolute Gasteiger partial charge is 0.352 e. The number of pyridine rings is 1. The van der Waals surface area contributed by atoms with E-state index in [1.807, 2.05) is 6.26 Å². The Bertz CT molecular complexity index is 1180. The van der Waals surface area contributed by atoms with Gasteiger partial charge in [-0.05, 0) is 31.6 Å². The Morgan fingerprint density at radius 2 is 2.07 bits per heavy atom. The van der Waals surface area contributed by atoms with E-state index in [9.17, 15) is 14.4 Å². The molecule has 0 unspecified atom stereocenters. The van der Waals surface area contributed by atoms with E-state index in [2.05, 4.69) is 35.0 Å². The number of hydrogen-bond donors (Lipinski definition) is 3. The number of aromatic amines is 2. The van der Waals surface area contributed by atoms with Gasteiger partial charge in [0.25, 0.3) is 11.5 Å². The molecule has 10 nitrogen and oxygen atoms in total. The van der Waals surface area contributed by atoms with Crippen molar-refractivity contribution in [3.8, 4) is 0 Å². The minimum atomic E-state index is -0.632. The third-order valence-corrected chi connectivity index (χ3v) is 5.97. The molecule has 3 aromatic rings. The van der Waals surface area contributed by atoms with Gasteiger partial charge in [0, 0.05) is 25.2 Å².